The van der Waals surface area contributed by atoms with Gasteiger partial charge in [0.2, 0.25) is 0 Å². The van der Waals surface area contributed by atoms with E-state index in [-0.39, 0.29) is 6.61 Å². The summed E-state index contributed by atoms with van der Waals surface area (Å²) in [5.41, 5.74) is 10.1. The average Bonchev–Trinajstić information content (AvgIpc) is 3.36. The van der Waals surface area contributed by atoms with Gasteiger partial charge in [-0.25, -0.2) is 0 Å². The number of hydrogen-bond acceptors (Lipinski definition) is 4. The van der Waals surface area contributed by atoms with E-state index in [0.717, 1.165) is 27.8 Å². The van der Waals surface area contributed by atoms with Crippen molar-refractivity contribution in [3.8, 4) is 16.9 Å². The Balaban J connectivity index is 1.37. The van der Waals surface area contributed by atoms with Crippen LogP contribution in [-0.2, 0) is 11.3 Å². The summed E-state index contributed by atoms with van der Waals surface area (Å²) in [6.45, 7) is 4.34. The molecule has 2 amide bonds. The van der Waals surface area contributed by atoms with Gasteiger partial charge in [-0.15, -0.1) is 0 Å². The molecule has 1 heterocycles. The standard InChI is InChI=1S/C27H26N4O3/c1-19-8-9-20(2)25(16-19)34-18-26(32)29-30-27(33)24-7-4-3-6-23(24)22-12-10-21(11-13-22)17-31-15-5-14-28-31/h3-16H,17-18H2,1-2H3,(H,29,32)(H,30,33). The van der Waals surface area contributed by atoms with Crippen LogP contribution in [0.2, 0.25) is 0 Å². The van der Waals surface area contributed by atoms with Gasteiger partial charge < -0.3 is 4.74 Å². The highest BCUT2D eigenvalue weighted by Crippen LogP contribution is 2.24. The number of aryl methyl sites for hydroxylation is 2. The van der Waals surface area contributed by atoms with E-state index in [1.165, 1.54) is 0 Å². The summed E-state index contributed by atoms with van der Waals surface area (Å²) in [6.07, 6.45) is 3.66. The maximum Gasteiger partial charge on any atom is 0.276 e. The first-order valence-electron chi connectivity index (χ1n) is 10.9. The largest absolute Gasteiger partial charge is 0.483 e. The molecular formula is C27H26N4O3. The van der Waals surface area contributed by atoms with Gasteiger partial charge in [0.25, 0.3) is 11.8 Å². The fraction of sp³-hybridized carbons (Fsp3) is 0.148. The Morgan fingerprint density at radius 3 is 2.50 bits per heavy atom. The van der Waals surface area contributed by atoms with E-state index in [0.29, 0.717) is 17.9 Å². The molecule has 0 radical (unpaired) electrons. The first kappa shape index (κ1) is 22.8. The van der Waals surface area contributed by atoms with Crippen LogP contribution in [0.3, 0.4) is 0 Å². The zero-order valence-corrected chi connectivity index (χ0v) is 19.1. The van der Waals surface area contributed by atoms with Crippen LogP contribution in [0.5, 0.6) is 5.75 Å². The Hall–Kier alpha value is -4.39. The highest BCUT2D eigenvalue weighted by atomic mass is 16.5. The van der Waals surface area contributed by atoms with Crippen LogP contribution in [0, 0.1) is 13.8 Å². The van der Waals surface area contributed by atoms with Crippen LogP contribution >= 0.6 is 0 Å². The van der Waals surface area contributed by atoms with Gasteiger partial charge in [0, 0.05) is 18.0 Å². The number of carbonyl (C=O) groups is 2. The third kappa shape index (κ3) is 5.69. The number of ether oxygens (including phenoxy) is 1. The summed E-state index contributed by atoms with van der Waals surface area (Å²) in [6, 6.07) is 22.9. The Morgan fingerprint density at radius 1 is 0.941 bits per heavy atom. The topological polar surface area (TPSA) is 85.3 Å². The minimum atomic E-state index is -0.449. The normalized spacial score (nSPS) is 10.5. The SMILES string of the molecule is Cc1ccc(C)c(OCC(=O)NNC(=O)c2ccccc2-c2ccc(Cn3cccn3)cc2)c1. The smallest absolute Gasteiger partial charge is 0.276 e. The molecule has 0 saturated heterocycles. The predicted molar refractivity (Wildman–Crippen MR) is 130 cm³/mol. The summed E-state index contributed by atoms with van der Waals surface area (Å²) >= 11 is 0. The van der Waals surface area contributed by atoms with Crippen molar-refractivity contribution in [2.24, 2.45) is 0 Å². The molecule has 0 spiro atoms. The van der Waals surface area contributed by atoms with Crippen molar-refractivity contribution in [1.82, 2.24) is 20.6 Å². The summed E-state index contributed by atoms with van der Waals surface area (Å²) in [4.78, 5) is 25.0. The first-order valence-corrected chi connectivity index (χ1v) is 10.9. The van der Waals surface area contributed by atoms with Gasteiger partial charge in [0.15, 0.2) is 6.61 Å². The molecular weight excluding hydrogens is 428 g/mol. The van der Waals surface area contributed by atoms with E-state index in [4.69, 9.17) is 4.74 Å². The molecule has 7 nitrogen and oxygen atoms in total. The second-order valence-electron chi connectivity index (χ2n) is 8.01. The van der Waals surface area contributed by atoms with E-state index in [1.54, 1.807) is 18.3 Å². The molecule has 3 aromatic carbocycles. The second-order valence-corrected chi connectivity index (χ2v) is 8.01. The van der Waals surface area contributed by atoms with Crippen molar-refractivity contribution in [2.75, 3.05) is 6.61 Å². The summed E-state index contributed by atoms with van der Waals surface area (Å²) in [5, 5.41) is 4.22. The van der Waals surface area contributed by atoms with Gasteiger partial charge in [0.1, 0.15) is 5.75 Å². The van der Waals surface area contributed by atoms with Gasteiger partial charge >= 0.3 is 0 Å². The van der Waals surface area contributed by atoms with Crippen molar-refractivity contribution < 1.29 is 14.3 Å². The molecule has 4 rings (SSSR count). The lowest BCUT2D eigenvalue weighted by Gasteiger charge is -2.13. The van der Waals surface area contributed by atoms with Crippen LogP contribution in [0.25, 0.3) is 11.1 Å². The second kappa shape index (κ2) is 10.5. The lowest BCUT2D eigenvalue weighted by Crippen LogP contribution is -2.44. The molecule has 0 saturated carbocycles. The van der Waals surface area contributed by atoms with E-state index in [9.17, 15) is 9.59 Å². The quantitative estimate of drug-likeness (QED) is 0.413. The van der Waals surface area contributed by atoms with Crippen LogP contribution < -0.4 is 15.6 Å². The van der Waals surface area contributed by atoms with Crippen LogP contribution in [0.4, 0.5) is 0 Å². The van der Waals surface area contributed by atoms with E-state index in [2.05, 4.69) is 16.0 Å². The molecule has 0 atom stereocenters. The number of nitrogens with one attached hydrogen (secondary N) is 2. The molecule has 0 aliphatic carbocycles. The van der Waals surface area contributed by atoms with Crippen molar-refractivity contribution >= 4 is 11.8 Å². The molecule has 0 aliphatic rings. The van der Waals surface area contributed by atoms with E-state index >= 15 is 0 Å². The monoisotopic (exact) mass is 454 g/mol. The predicted octanol–water partition coefficient (Wildman–Crippen LogP) is 4.06. The number of amides is 2. The first-order chi connectivity index (χ1) is 16.5. The van der Waals surface area contributed by atoms with Gasteiger partial charge in [0.05, 0.1) is 6.54 Å². The van der Waals surface area contributed by atoms with E-state index in [1.807, 2.05) is 85.4 Å². The fourth-order valence-electron chi connectivity index (χ4n) is 3.54. The minimum absolute atomic E-state index is 0.204. The van der Waals surface area contributed by atoms with E-state index < -0.39 is 11.8 Å². The van der Waals surface area contributed by atoms with Gasteiger partial charge in [-0.3, -0.25) is 25.1 Å². The number of carbonyl (C=O) groups excluding carboxylic acids is 2. The van der Waals surface area contributed by atoms with Gasteiger partial charge in [-0.2, -0.15) is 5.10 Å². The number of nitrogens with zero attached hydrogens (tertiary/aromatic N) is 2. The molecule has 4 aromatic rings. The Kier molecular flexibility index (Phi) is 7.03. The summed E-state index contributed by atoms with van der Waals surface area (Å²) in [5.74, 6) is -0.214. The molecule has 0 fully saturated rings. The zero-order chi connectivity index (χ0) is 23.9. The number of rotatable bonds is 7. The molecule has 172 valence electrons. The Morgan fingerprint density at radius 2 is 1.74 bits per heavy atom. The number of benzene rings is 3. The van der Waals surface area contributed by atoms with Crippen LogP contribution in [0.15, 0.2) is 85.2 Å². The summed E-state index contributed by atoms with van der Waals surface area (Å²) < 4.78 is 7.44. The van der Waals surface area contributed by atoms with Crippen LogP contribution in [-0.4, -0.2) is 28.2 Å². The highest BCUT2D eigenvalue weighted by Gasteiger charge is 2.14. The molecule has 0 aliphatic heterocycles. The minimum Gasteiger partial charge on any atom is -0.483 e. The third-order valence-electron chi connectivity index (χ3n) is 5.36. The van der Waals surface area contributed by atoms with Crippen molar-refractivity contribution in [3.63, 3.8) is 0 Å². The number of aromatic nitrogens is 2. The van der Waals surface area contributed by atoms with Gasteiger partial charge in [-0.1, -0.05) is 54.6 Å². The number of hydrogen-bond donors (Lipinski definition) is 2. The van der Waals surface area contributed by atoms with Gasteiger partial charge in [-0.05, 0) is 59.9 Å². The molecule has 2 N–H and O–H groups in total. The average molecular weight is 455 g/mol. The molecule has 0 unspecified atom stereocenters. The maximum atomic E-state index is 12.8. The number of hydrazine groups is 1. The molecule has 7 heteroatoms. The van der Waals surface area contributed by atoms with Crippen molar-refractivity contribution in [1.29, 1.82) is 0 Å². The molecule has 1 aromatic heterocycles. The lowest BCUT2D eigenvalue weighted by atomic mass is 9.98. The molecule has 34 heavy (non-hydrogen) atoms. The third-order valence-corrected chi connectivity index (χ3v) is 5.36. The Bertz CT molecular complexity index is 1280. The summed E-state index contributed by atoms with van der Waals surface area (Å²) in [7, 11) is 0. The molecule has 0 bridgehead atoms. The van der Waals surface area contributed by atoms with Crippen molar-refractivity contribution in [3.05, 3.63) is 107 Å². The van der Waals surface area contributed by atoms with Crippen LogP contribution in [0.1, 0.15) is 27.0 Å². The zero-order valence-electron chi connectivity index (χ0n) is 19.1. The maximum absolute atomic E-state index is 12.8. The highest BCUT2D eigenvalue weighted by molar-refractivity contribution is 6.01. The Labute approximate surface area is 198 Å². The lowest BCUT2D eigenvalue weighted by molar-refractivity contribution is -0.123. The fourth-order valence-corrected chi connectivity index (χ4v) is 3.54. The van der Waals surface area contributed by atoms with Crippen molar-refractivity contribution in [2.45, 2.75) is 20.4 Å².